The van der Waals surface area contributed by atoms with Gasteiger partial charge in [-0.2, -0.15) is 0 Å². The summed E-state index contributed by atoms with van der Waals surface area (Å²) >= 11 is 0. The molecule has 0 atom stereocenters. The van der Waals surface area contributed by atoms with Crippen LogP contribution in [-0.4, -0.2) is 28.0 Å². The van der Waals surface area contributed by atoms with Gasteiger partial charge in [-0.25, -0.2) is 9.97 Å². The lowest BCUT2D eigenvalue weighted by Gasteiger charge is -2.20. The van der Waals surface area contributed by atoms with Crippen LogP contribution in [0.15, 0.2) is 12.3 Å². The van der Waals surface area contributed by atoms with Gasteiger partial charge in [0.15, 0.2) is 0 Å². The summed E-state index contributed by atoms with van der Waals surface area (Å²) < 4.78 is 0. The van der Waals surface area contributed by atoms with Crippen molar-refractivity contribution in [3.05, 3.63) is 18.0 Å². The maximum atomic E-state index is 11.8. The third-order valence-electron chi connectivity index (χ3n) is 2.05. The number of carbonyl (C=O) groups is 1. The molecule has 0 saturated heterocycles. The summed E-state index contributed by atoms with van der Waals surface area (Å²) in [4.78, 5) is 20.1. The quantitative estimate of drug-likeness (QED) is 0.858. The molecule has 0 aromatic carbocycles. The van der Waals surface area contributed by atoms with Gasteiger partial charge in [-0.1, -0.05) is 13.8 Å². The molecule has 0 saturated carbocycles. The van der Waals surface area contributed by atoms with E-state index < -0.39 is 0 Å². The topological polar surface area (TPSA) is 66.9 Å². The lowest BCUT2D eigenvalue weighted by atomic mass is 10.1. The van der Waals surface area contributed by atoms with Gasteiger partial charge in [-0.15, -0.1) is 0 Å². The summed E-state index contributed by atoms with van der Waals surface area (Å²) in [6.45, 7) is 10.8. The fourth-order valence-corrected chi connectivity index (χ4v) is 1.27. The second kappa shape index (κ2) is 5.80. The molecule has 0 aliphatic carbocycles. The van der Waals surface area contributed by atoms with Crippen molar-refractivity contribution < 1.29 is 4.79 Å². The molecule has 18 heavy (non-hydrogen) atoms. The van der Waals surface area contributed by atoms with E-state index in [0.717, 1.165) is 0 Å². The van der Waals surface area contributed by atoms with Crippen LogP contribution < -0.4 is 10.6 Å². The van der Waals surface area contributed by atoms with Crippen molar-refractivity contribution in [2.45, 2.75) is 40.2 Å². The van der Waals surface area contributed by atoms with Crippen LogP contribution in [-0.2, 0) is 0 Å². The smallest absolute Gasteiger partial charge is 0.270 e. The summed E-state index contributed by atoms with van der Waals surface area (Å²) in [5.74, 6) is 0.728. The minimum Gasteiger partial charge on any atom is -0.350 e. The number of amides is 1. The molecule has 2 N–H and O–H groups in total. The van der Waals surface area contributed by atoms with Crippen molar-refractivity contribution in [2.24, 2.45) is 5.92 Å². The highest BCUT2D eigenvalue weighted by molar-refractivity contribution is 5.92. The lowest BCUT2D eigenvalue weighted by molar-refractivity contribution is 0.0944. The Morgan fingerprint density at radius 1 is 1.39 bits per heavy atom. The zero-order valence-corrected chi connectivity index (χ0v) is 11.7. The lowest BCUT2D eigenvalue weighted by Crippen LogP contribution is -2.30. The Hall–Kier alpha value is -1.65. The molecule has 5 heteroatoms. The van der Waals surface area contributed by atoms with Gasteiger partial charge in [0.05, 0.1) is 0 Å². The Bertz CT molecular complexity index is 410. The minimum atomic E-state index is -0.164. The van der Waals surface area contributed by atoms with Crippen LogP contribution in [0, 0.1) is 5.92 Å². The van der Waals surface area contributed by atoms with E-state index in [0.29, 0.717) is 24.1 Å². The Morgan fingerprint density at radius 2 is 2.06 bits per heavy atom. The van der Waals surface area contributed by atoms with Crippen molar-refractivity contribution in [1.29, 1.82) is 0 Å². The maximum absolute atomic E-state index is 11.8. The van der Waals surface area contributed by atoms with E-state index in [4.69, 9.17) is 0 Å². The molecule has 0 aliphatic rings. The summed E-state index contributed by atoms with van der Waals surface area (Å²) in [6.07, 6.45) is 1.59. The van der Waals surface area contributed by atoms with Crippen LogP contribution in [0.3, 0.4) is 0 Å². The summed E-state index contributed by atoms with van der Waals surface area (Å²) in [7, 11) is 0. The summed E-state index contributed by atoms with van der Waals surface area (Å²) in [5.41, 5.74) is 0.255. The fourth-order valence-electron chi connectivity index (χ4n) is 1.27. The van der Waals surface area contributed by atoms with Crippen LogP contribution in [0.1, 0.15) is 45.1 Å². The van der Waals surface area contributed by atoms with Gasteiger partial charge in [0.1, 0.15) is 5.69 Å². The number of aromatic nitrogens is 2. The van der Waals surface area contributed by atoms with Gasteiger partial charge in [-0.3, -0.25) is 4.79 Å². The molecule has 0 fully saturated rings. The third kappa shape index (κ3) is 5.12. The minimum absolute atomic E-state index is 0.132. The van der Waals surface area contributed by atoms with Crippen molar-refractivity contribution in [1.82, 2.24) is 15.3 Å². The van der Waals surface area contributed by atoms with Gasteiger partial charge in [0.25, 0.3) is 5.91 Å². The normalized spacial score (nSPS) is 11.4. The van der Waals surface area contributed by atoms with E-state index in [-0.39, 0.29) is 11.4 Å². The highest BCUT2D eigenvalue weighted by Gasteiger charge is 2.13. The fraction of sp³-hybridized carbons (Fsp3) is 0.615. The molecule has 0 bridgehead atoms. The molecule has 0 aliphatic heterocycles. The molecule has 5 nitrogen and oxygen atoms in total. The van der Waals surface area contributed by atoms with E-state index in [1.807, 2.05) is 34.6 Å². The largest absolute Gasteiger partial charge is 0.350 e. The Balaban J connectivity index is 2.72. The van der Waals surface area contributed by atoms with E-state index in [2.05, 4.69) is 20.6 Å². The molecule has 1 aromatic heterocycles. The molecule has 1 amide bonds. The highest BCUT2D eigenvalue weighted by atomic mass is 16.1. The first-order valence-electron chi connectivity index (χ1n) is 6.17. The first kappa shape index (κ1) is 14.4. The third-order valence-corrected chi connectivity index (χ3v) is 2.05. The van der Waals surface area contributed by atoms with Gasteiger partial charge in [-0.05, 0) is 32.8 Å². The number of nitrogens with one attached hydrogen (secondary N) is 2. The van der Waals surface area contributed by atoms with Crippen LogP contribution >= 0.6 is 0 Å². The zero-order chi connectivity index (χ0) is 13.8. The Labute approximate surface area is 108 Å². The number of carbonyl (C=O) groups excluding carboxylic acids is 1. The SMILES string of the molecule is CC(C)CNC(=O)c1ccnc(NC(C)(C)C)n1. The zero-order valence-electron chi connectivity index (χ0n) is 11.7. The summed E-state index contributed by atoms with van der Waals surface area (Å²) in [5, 5.41) is 5.97. The second-order valence-corrected chi connectivity index (χ2v) is 5.74. The summed E-state index contributed by atoms with van der Waals surface area (Å²) in [6, 6.07) is 1.61. The average Bonchev–Trinajstić information content (AvgIpc) is 2.23. The molecule has 100 valence electrons. The molecule has 1 rings (SSSR count). The Kier molecular flexibility index (Phi) is 4.64. The van der Waals surface area contributed by atoms with E-state index in [1.54, 1.807) is 12.3 Å². The highest BCUT2D eigenvalue weighted by Crippen LogP contribution is 2.09. The maximum Gasteiger partial charge on any atom is 0.270 e. The first-order valence-corrected chi connectivity index (χ1v) is 6.17. The number of nitrogens with zero attached hydrogens (tertiary/aromatic N) is 2. The molecule has 0 unspecified atom stereocenters. The van der Waals surface area contributed by atoms with Crippen molar-refractivity contribution >= 4 is 11.9 Å². The predicted octanol–water partition coefficient (Wildman–Crippen LogP) is 2.07. The molecular weight excluding hydrogens is 228 g/mol. The standard InChI is InChI=1S/C13H22N4O/c1-9(2)8-15-11(18)10-6-7-14-12(16-10)17-13(3,4)5/h6-7,9H,8H2,1-5H3,(H,15,18)(H,14,16,17). The van der Waals surface area contributed by atoms with Crippen molar-refractivity contribution in [3.63, 3.8) is 0 Å². The molecular formula is C13H22N4O. The monoisotopic (exact) mass is 250 g/mol. The number of anilines is 1. The van der Waals surface area contributed by atoms with Gasteiger partial charge in [0, 0.05) is 18.3 Å². The molecule has 0 radical (unpaired) electrons. The van der Waals surface area contributed by atoms with Crippen LogP contribution in [0.5, 0.6) is 0 Å². The van der Waals surface area contributed by atoms with E-state index in [1.165, 1.54) is 0 Å². The number of rotatable bonds is 4. The number of hydrogen-bond donors (Lipinski definition) is 2. The molecule has 0 spiro atoms. The van der Waals surface area contributed by atoms with Crippen LogP contribution in [0.4, 0.5) is 5.95 Å². The first-order chi connectivity index (χ1) is 8.28. The van der Waals surface area contributed by atoms with Gasteiger partial charge >= 0.3 is 0 Å². The van der Waals surface area contributed by atoms with Gasteiger partial charge in [0.2, 0.25) is 5.95 Å². The van der Waals surface area contributed by atoms with Crippen molar-refractivity contribution in [3.8, 4) is 0 Å². The van der Waals surface area contributed by atoms with E-state index in [9.17, 15) is 4.79 Å². The number of hydrogen-bond acceptors (Lipinski definition) is 4. The average molecular weight is 250 g/mol. The van der Waals surface area contributed by atoms with Crippen molar-refractivity contribution in [2.75, 3.05) is 11.9 Å². The van der Waals surface area contributed by atoms with Gasteiger partial charge < -0.3 is 10.6 Å². The molecule has 1 heterocycles. The Morgan fingerprint density at radius 3 is 2.61 bits per heavy atom. The van der Waals surface area contributed by atoms with Crippen LogP contribution in [0.2, 0.25) is 0 Å². The predicted molar refractivity (Wildman–Crippen MR) is 72.6 cm³/mol. The molecule has 1 aromatic rings. The van der Waals surface area contributed by atoms with Crippen LogP contribution in [0.25, 0.3) is 0 Å². The van der Waals surface area contributed by atoms with E-state index >= 15 is 0 Å². The second-order valence-electron chi connectivity index (χ2n) is 5.74.